The summed E-state index contributed by atoms with van der Waals surface area (Å²) in [5, 5.41) is 0. The number of benzene rings is 1. The van der Waals surface area contributed by atoms with Gasteiger partial charge in [0.1, 0.15) is 0 Å². The van der Waals surface area contributed by atoms with Crippen molar-refractivity contribution in [1.29, 1.82) is 0 Å². The molecule has 1 heterocycles. The Kier molecular flexibility index (Phi) is 3.27. The molecule has 0 saturated carbocycles. The minimum absolute atomic E-state index is 0.337. The Hall–Kier alpha value is -1.02. The molecule has 0 bridgehead atoms. The Labute approximate surface area is 92.1 Å². The molecule has 2 rings (SSSR count). The number of anilines is 1. The van der Waals surface area contributed by atoms with Gasteiger partial charge in [0.15, 0.2) is 0 Å². The van der Waals surface area contributed by atoms with E-state index in [1.54, 1.807) is 0 Å². The fourth-order valence-electron chi connectivity index (χ4n) is 2.39. The monoisotopic (exact) mass is 204 g/mol. The molecule has 0 spiro atoms. The summed E-state index contributed by atoms with van der Waals surface area (Å²) in [6.45, 7) is 4.42. The smallest absolute Gasteiger partial charge is 0.0366 e. The van der Waals surface area contributed by atoms with Crippen molar-refractivity contribution in [3.63, 3.8) is 0 Å². The van der Waals surface area contributed by atoms with Crippen molar-refractivity contribution < 1.29 is 0 Å². The lowest BCUT2D eigenvalue weighted by Gasteiger charge is -2.37. The third-order valence-corrected chi connectivity index (χ3v) is 3.27. The summed E-state index contributed by atoms with van der Waals surface area (Å²) >= 11 is 0. The van der Waals surface area contributed by atoms with Crippen LogP contribution in [-0.4, -0.2) is 19.1 Å². The van der Waals surface area contributed by atoms with Crippen molar-refractivity contribution >= 4 is 5.69 Å². The number of para-hydroxylation sites is 1. The highest BCUT2D eigenvalue weighted by Gasteiger charge is 2.23. The number of piperidine rings is 1. The van der Waals surface area contributed by atoms with Gasteiger partial charge in [0.25, 0.3) is 0 Å². The van der Waals surface area contributed by atoms with Crippen LogP contribution in [0.25, 0.3) is 0 Å². The molecule has 0 aliphatic carbocycles. The zero-order valence-corrected chi connectivity index (χ0v) is 9.39. The van der Waals surface area contributed by atoms with Gasteiger partial charge in [-0.3, -0.25) is 0 Å². The molecule has 2 heteroatoms. The third-order valence-electron chi connectivity index (χ3n) is 3.27. The molecule has 1 aromatic carbocycles. The second-order valence-corrected chi connectivity index (χ2v) is 4.51. The first kappa shape index (κ1) is 10.5. The maximum atomic E-state index is 6.09. The molecule has 0 amide bonds. The fourth-order valence-corrected chi connectivity index (χ4v) is 2.39. The molecule has 1 aliphatic rings. The SMILES string of the molecule is CCC1CC(N)CN(c2ccccc2)C1. The van der Waals surface area contributed by atoms with Gasteiger partial charge in [0.2, 0.25) is 0 Å². The molecule has 1 aliphatic heterocycles. The molecular weight excluding hydrogens is 184 g/mol. The van der Waals surface area contributed by atoms with Crippen LogP contribution in [0.4, 0.5) is 5.69 Å². The molecule has 0 aromatic heterocycles. The highest BCUT2D eigenvalue weighted by atomic mass is 15.2. The number of nitrogens with zero attached hydrogens (tertiary/aromatic N) is 1. The largest absolute Gasteiger partial charge is 0.370 e. The third kappa shape index (κ3) is 2.51. The van der Waals surface area contributed by atoms with Gasteiger partial charge in [-0.2, -0.15) is 0 Å². The molecule has 1 aromatic rings. The lowest BCUT2D eigenvalue weighted by Crippen LogP contribution is -2.47. The summed E-state index contributed by atoms with van der Waals surface area (Å²) in [4.78, 5) is 2.42. The summed E-state index contributed by atoms with van der Waals surface area (Å²) in [5.74, 6) is 0.758. The molecule has 2 atom stereocenters. The van der Waals surface area contributed by atoms with Crippen LogP contribution in [-0.2, 0) is 0 Å². The van der Waals surface area contributed by atoms with E-state index < -0.39 is 0 Å². The predicted molar refractivity (Wildman–Crippen MR) is 65.0 cm³/mol. The van der Waals surface area contributed by atoms with Crippen molar-refractivity contribution in [2.75, 3.05) is 18.0 Å². The van der Waals surface area contributed by atoms with E-state index in [4.69, 9.17) is 5.73 Å². The first-order valence-corrected chi connectivity index (χ1v) is 5.85. The van der Waals surface area contributed by atoms with Gasteiger partial charge in [-0.1, -0.05) is 31.5 Å². The summed E-state index contributed by atoms with van der Waals surface area (Å²) in [7, 11) is 0. The van der Waals surface area contributed by atoms with Crippen LogP contribution in [0.3, 0.4) is 0 Å². The first-order valence-electron chi connectivity index (χ1n) is 5.85. The second-order valence-electron chi connectivity index (χ2n) is 4.51. The Morgan fingerprint density at radius 1 is 1.27 bits per heavy atom. The van der Waals surface area contributed by atoms with Gasteiger partial charge < -0.3 is 10.6 Å². The summed E-state index contributed by atoms with van der Waals surface area (Å²) in [6, 6.07) is 10.9. The number of hydrogen-bond acceptors (Lipinski definition) is 2. The van der Waals surface area contributed by atoms with E-state index in [0.29, 0.717) is 6.04 Å². The van der Waals surface area contributed by atoms with Crippen molar-refractivity contribution in [2.45, 2.75) is 25.8 Å². The summed E-state index contributed by atoms with van der Waals surface area (Å²) in [5.41, 5.74) is 7.40. The molecular formula is C13H20N2. The van der Waals surface area contributed by atoms with E-state index in [0.717, 1.165) is 19.0 Å². The van der Waals surface area contributed by atoms with E-state index in [9.17, 15) is 0 Å². The van der Waals surface area contributed by atoms with E-state index in [1.165, 1.54) is 18.5 Å². The molecule has 15 heavy (non-hydrogen) atoms. The quantitative estimate of drug-likeness (QED) is 0.800. The lowest BCUT2D eigenvalue weighted by molar-refractivity contribution is 0.368. The average molecular weight is 204 g/mol. The zero-order chi connectivity index (χ0) is 10.7. The van der Waals surface area contributed by atoms with Gasteiger partial charge in [-0.05, 0) is 24.5 Å². The number of hydrogen-bond donors (Lipinski definition) is 1. The average Bonchev–Trinajstić information content (AvgIpc) is 2.29. The van der Waals surface area contributed by atoms with Crippen molar-refractivity contribution in [1.82, 2.24) is 0 Å². The van der Waals surface area contributed by atoms with Crippen LogP contribution in [0.2, 0.25) is 0 Å². The van der Waals surface area contributed by atoms with E-state index >= 15 is 0 Å². The molecule has 2 nitrogen and oxygen atoms in total. The van der Waals surface area contributed by atoms with Crippen LogP contribution in [0.1, 0.15) is 19.8 Å². The minimum Gasteiger partial charge on any atom is -0.370 e. The molecule has 2 N–H and O–H groups in total. The summed E-state index contributed by atoms with van der Waals surface area (Å²) < 4.78 is 0. The van der Waals surface area contributed by atoms with Crippen molar-refractivity contribution in [3.8, 4) is 0 Å². The second kappa shape index (κ2) is 4.67. The van der Waals surface area contributed by atoms with Crippen molar-refractivity contribution in [2.24, 2.45) is 11.7 Å². The molecule has 1 saturated heterocycles. The number of nitrogens with two attached hydrogens (primary N) is 1. The Morgan fingerprint density at radius 3 is 2.67 bits per heavy atom. The van der Waals surface area contributed by atoms with Gasteiger partial charge in [0.05, 0.1) is 0 Å². The normalized spacial score (nSPS) is 26.7. The minimum atomic E-state index is 0.337. The predicted octanol–water partition coefficient (Wildman–Crippen LogP) is 2.25. The van der Waals surface area contributed by atoms with Crippen LogP contribution < -0.4 is 10.6 Å². The van der Waals surface area contributed by atoms with Crippen molar-refractivity contribution in [3.05, 3.63) is 30.3 Å². The zero-order valence-electron chi connectivity index (χ0n) is 9.39. The van der Waals surface area contributed by atoms with Crippen LogP contribution in [0.15, 0.2) is 30.3 Å². The fraction of sp³-hybridized carbons (Fsp3) is 0.538. The maximum Gasteiger partial charge on any atom is 0.0366 e. The lowest BCUT2D eigenvalue weighted by atomic mass is 9.92. The topological polar surface area (TPSA) is 29.3 Å². The Morgan fingerprint density at radius 2 is 2.00 bits per heavy atom. The van der Waals surface area contributed by atoms with Gasteiger partial charge in [-0.25, -0.2) is 0 Å². The number of rotatable bonds is 2. The molecule has 82 valence electrons. The van der Waals surface area contributed by atoms with Gasteiger partial charge in [0, 0.05) is 24.8 Å². The first-order chi connectivity index (χ1) is 7.29. The van der Waals surface area contributed by atoms with Gasteiger partial charge >= 0.3 is 0 Å². The molecule has 2 unspecified atom stereocenters. The Bertz CT molecular complexity index is 297. The maximum absolute atomic E-state index is 6.09. The molecule has 1 fully saturated rings. The van der Waals surface area contributed by atoms with Gasteiger partial charge in [-0.15, -0.1) is 0 Å². The standard InChI is InChI=1S/C13H20N2/c1-2-11-8-12(14)10-15(9-11)13-6-4-3-5-7-13/h3-7,11-12H,2,8-10,14H2,1H3. The van der Waals surface area contributed by atoms with Crippen LogP contribution >= 0.6 is 0 Å². The highest BCUT2D eigenvalue weighted by Crippen LogP contribution is 2.23. The molecule has 0 radical (unpaired) electrons. The van der Waals surface area contributed by atoms with Crippen LogP contribution in [0, 0.1) is 5.92 Å². The van der Waals surface area contributed by atoms with Crippen LogP contribution in [0.5, 0.6) is 0 Å². The highest BCUT2D eigenvalue weighted by molar-refractivity contribution is 5.46. The van der Waals surface area contributed by atoms with E-state index in [-0.39, 0.29) is 0 Å². The summed E-state index contributed by atoms with van der Waals surface area (Å²) in [6.07, 6.45) is 2.41. The van der Waals surface area contributed by atoms with E-state index in [2.05, 4.69) is 42.2 Å². The Balaban J connectivity index is 2.09. The van der Waals surface area contributed by atoms with E-state index in [1.807, 2.05) is 0 Å².